The summed E-state index contributed by atoms with van der Waals surface area (Å²) in [5, 5.41) is 11.5. The second-order valence-corrected chi connectivity index (χ2v) is 5.87. The molecule has 3 rings (SSSR count). The van der Waals surface area contributed by atoms with Crippen molar-refractivity contribution in [3.8, 4) is 0 Å². The molecular weight excluding hydrogens is 284 g/mol. The number of aromatic nitrogens is 2. The Morgan fingerprint density at radius 2 is 2.10 bits per heavy atom. The van der Waals surface area contributed by atoms with Gasteiger partial charge in [0.05, 0.1) is 11.9 Å². The van der Waals surface area contributed by atoms with Gasteiger partial charge in [-0.05, 0) is 37.1 Å². The van der Waals surface area contributed by atoms with Crippen molar-refractivity contribution in [1.29, 1.82) is 0 Å². The minimum atomic E-state index is -0.218. The summed E-state index contributed by atoms with van der Waals surface area (Å²) in [6.07, 6.45) is 1.57. The summed E-state index contributed by atoms with van der Waals surface area (Å²) in [4.78, 5) is 13.6. The minimum Gasteiger partial charge on any atom is -0.397 e. The predicted molar refractivity (Wildman–Crippen MR) is 85.7 cm³/mol. The zero-order valence-electron chi connectivity index (χ0n) is 11.7. The van der Waals surface area contributed by atoms with Gasteiger partial charge < -0.3 is 11.1 Å². The third-order valence-electron chi connectivity index (χ3n) is 3.27. The van der Waals surface area contributed by atoms with Crippen molar-refractivity contribution in [3.05, 3.63) is 46.5 Å². The number of fused-ring (bicyclic) bond motifs is 1. The molecule has 2 aromatic heterocycles. The Hall–Kier alpha value is -2.47. The van der Waals surface area contributed by atoms with Gasteiger partial charge in [0.15, 0.2) is 0 Å². The highest BCUT2D eigenvalue weighted by molar-refractivity contribution is 7.21. The van der Waals surface area contributed by atoms with E-state index < -0.39 is 0 Å². The van der Waals surface area contributed by atoms with Crippen molar-refractivity contribution in [3.63, 3.8) is 0 Å². The molecule has 21 heavy (non-hydrogen) atoms. The molecule has 0 aliphatic heterocycles. The SMILES string of the molecule is Cc1ccc(C)c(NC(=O)c2sc3nnccc3c2N)c1. The van der Waals surface area contributed by atoms with E-state index in [-0.39, 0.29) is 5.91 Å². The molecule has 0 atom stereocenters. The van der Waals surface area contributed by atoms with Gasteiger partial charge in [-0.1, -0.05) is 12.1 Å². The molecule has 0 unspecified atom stereocenters. The van der Waals surface area contributed by atoms with Crippen molar-refractivity contribution < 1.29 is 4.79 Å². The fraction of sp³-hybridized carbons (Fsp3) is 0.133. The van der Waals surface area contributed by atoms with E-state index in [4.69, 9.17) is 5.73 Å². The number of hydrogen-bond acceptors (Lipinski definition) is 5. The first-order valence-corrected chi connectivity index (χ1v) is 7.26. The zero-order valence-corrected chi connectivity index (χ0v) is 12.5. The van der Waals surface area contributed by atoms with Crippen LogP contribution in [-0.4, -0.2) is 16.1 Å². The van der Waals surface area contributed by atoms with Crippen LogP contribution in [0.2, 0.25) is 0 Å². The van der Waals surface area contributed by atoms with E-state index in [1.807, 2.05) is 32.0 Å². The van der Waals surface area contributed by atoms with Gasteiger partial charge in [-0.15, -0.1) is 16.4 Å². The van der Waals surface area contributed by atoms with Crippen molar-refractivity contribution in [1.82, 2.24) is 10.2 Å². The first-order chi connectivity index (χ1) is 10.1. The van der Waals surface area contributed by atoms with Crippen LogP contribution in [0.4, 0.5) is 11.4 Å². The van der Waals surface area contributed by atoms with E-state index in [0.29, 0.717) is 15.4 Å². The first-order valence-electron chi connectivity index (χ1n) is 6.44. The molecule has 1 aromatic carbocycles. The lowest BCUT2D eigenvalue weighted by Crippen LogP contribution is -2.13. The number of benzene rings is 1. The van der Waals surface area contributed by atoms with Crippen molar-refractivity contribution >= 4 is 38.8 Å². The molecule has 106 valence electrons. The summed E-state index contributed by atoms with van der Waals surface area (Å²) in [6, 6.07) is 7.69. The van der Waals surface area contributed by atoms with Gasteiger partial charge in [0, 0.05) is 11.1 Å². The average molecular weight is 298 g/mol. The summed E-state index contributed by atoms with van der Waals surface area (Å²) >= 11 is 1.25. The van der Waals surface area contributed by atoms with E-state index >= 15 is 0 Å². The van der Waals surface area contributed by atoms with Crippen LogP contribution in [0.25, 0.3) is 10.2 Å². The van der Waals surface area contributed by atoms with Crippen molar-refractivity contribution in [2.45, 2.75) is 13.8 Å². The molecule has 0 fully saturated rings. The number of nitrogen functional groups attached to an aromatic ring is 1. The van der Waals surface area contributed by atoms with E-state index in [0.717, 1.165) is 22.2 Å². The Kier molecular flexibility index (Phi) is 3.31. The Balaban J connectivity index is 1.97. The van der Waals surface area contributed by atoms with Crippen molar-refractivity contribution in [2.75, 3.05) is 11.1 Å². The number of aryl methyl sites for hydroxylation is 2. The second-order valence-electron chi connectivity index (χ2n) is 4.87. The zero-order chi connectivity index (χ0) is 15.0. The highest BCUT2D eigenvalue weighted by Gasteiger charge is 2.17. The summed E-state index contributed by atoms with van der Waals surface area (Å²) in [6.45, 7) is 3.94. The Morgan fingerprint density at radius 1 is 1.29 bits per heavy atom. The van der Waals surface area contributed by atoms with Crippen LogP contribution in [0.1, 0.15) is 20.8 Å². The van der Waals surface area contributed by atoms with E-state index in [2.05, 4.69) is 15.5 Å². The van der Waals surface area contributed by atoms with Crippen LogP contribution in [0.15, 0.2) is 30.5 Å². The Labute approximate surface area is 125 Å². The number of thiophene rings is 1. The number of carbonyl (C=O) groups is 1. The summed E-state index contributed by atoms with van der Waals surface area (Å²) in [5.41, 5.74) is 9.39. The third-order valence-corrected chi connectivity index (χ3v) is 4.37. The third kappa shape index (κ3) is 2.45. The highest BCUT2D eigenvalue weighted by Crippen LogP contribution is 2.32. The molecule has 1 amide bonds. The molecule has 3 aromatic rings. The maximum Gasteiger partial charge on any atom is 0.267 e. The number of nitrogens with two attached hydrogens (primary N) is 1. The molecule has 3 N–H and O–H groups in total. The lowest BCUT2D eigenvalue weighted by atomic mass is 10.1. The minimum absolute atomic E-state index is 0.218. The fourth-order valence-corrected chi connectivity index (χ4v) is 3.02. The molecule has 5 nitrogen and oxygen atoms in total. The quantitative estimate of drug-likeness (QED) is 0.761. The number of nitrogens with zero attached hydrogens (tertiary/aromatic N) is 2. The van der Waals surface area contributed by atoms with Crippen molar-refractivity contribution in [2.24, 2.45) is 0 Å². The number of amides is 1. The number of anilines is 2. The molecular formula is C15H14N4OS. The van der Waals surface area contributed by atoms with E-state index in [1.54, 1.807) is 12.3 Å². The molecule has 0 bridgehead atoms. The van der Waals surface area contributed by atoms with Gasteiger partial charge >= 0.3 is 0 Å². The normalized spacial score (nSPS) is 10.8. The molecule has 0 spiro atoms. The topological polar surface area (TPSA) is 80.9 Å². The van der Waals surface area contributed by atoms with Gasteiger partial charge in [-0.25, -0.2) is 0 Å². The first kappa shape index (κ1) is 13.5. The molecule has 0 saturated heterocycles. The lowest BCUT2D eigenvalue weighted by molar-refractivity contribution is 0.103. The predicted octanol–water partition coefficient (Wildman–Crippen LogP) is 3.14. The van der Waals surface area contributed by atoms with Crippen LogP contribution < -0.4 is 11.1 Å². The smallest absolute Gasteiger partial charge is 0.267 e. The molecule has 6 heteroatoms. The molecule has 0 radical (unpaired) electrons. The summed E-state index contributed by atoms with van der Waals surface area (Å²) in [5.74, 6) is -0.218. The van der Waals surface area contributed by atoms with Crippen LogP contribution in [0.5, 0.6) is 0 Å². The van der Waals surface area contributed by atoms with Crippen LogP contribution in [0.3, 0.4) is 0 Å². The van der Waals surface area contributed by atoms with E-state index in [1.165, 1.54) is 11.3 Å². The number of nitrogens with one attached hydrogen (secondary N) is 1. The van der Waals surface area contributed by atoms with Gasteiger partial charge in [0.25, 0.3) is 5.91 Å². The van der Waals surface area contributed by atoms with Crippen LogP contribution >= 0.6 is 11.3 Å². The molecule has 2 heterocycles. The van der Waals surface area contributed by atoms with Gasteiger partial charge in [-0.2, -0.15) is 5.10 Å². The number of rotatable bonds is 2. The average Bonchev–Trinajstić information content (AvgIpc) is 2.81. The highest BCUT2D eigenvalue weighted by atomic mass is 32.1. The Morgan fingerprint density at radius 3 is 2.86 bits per heavy atom. The van der Waals surface area contributed by atoms with E-state index in [9.17, 15) is 4.79 Å². The van der Waals surface area contributed by atoms with Gasteiger partial charge in [0.1, 0.15) is 9.71 Å². The maximum absolute atomic E-state index is 12.4. The van der Waals surface area contributed by atoms with Crippen LogP contribution in [-0.2, 0) is 0 Å². The Bertz CT molecular complexity index is 841. The van der Waals surface area contributed by atoms with Gasteiger partial charge in [0.2, 0.25) is 0 Å². The van der Waals surface area contributed by atoms with Gasteiger partial charge in [-0.3, -0.25) is 4.79 Å². The summed E-state index contributed by atoms with van der Waals surface area (Å²) in [7, 11) is 0. The summed E-state index contributed by atoms with van der Waals surface area (Å²) < 4.78 is 0. The second kappa shape index (κ2) is 5.14. The largest absolute Gasteiger partial charge is 0.397 e. The number of carbonyl (C=O) groups excluding carboxylic acids is 1. The molecule has 0 aliphatic carbocycles. The molecule has 0 saturated carbocycles. The lowest BCUT2D eigenvalue weighted by Gasteiger charge is -2.08. The molecule has 0 aliphatic rings. The van der Waals surface area contributed by atoms with Crippen LogP contribution in [0, 0.1) is 13.8 Å². The standard InChI is InChI=1S/C15H14N4OS/c1-8-3-4-9(2)11(7-8)18-14(20)13-12(16)10-5-6-17-19-15(10)21-13/h3-7H,16H2,1-2H3,(H,18,20). The number of hydrogen-bond donors (Lipinski definition) is 2. The maximum atomic E-state index is 12.4. The monoisotopic (exact) mass is 298 g/mol. The fourth-order valence-electron chi connectivity index (χ4n) is 2.09.